The van der Waals surface area contributed by atoms with Crippen molar-refractivity contribution in [1.82, 2.24) is 0 Å². The Morgan fingerprint density at radius 1 is 0.500 bits per heavy atom. The van der Waals surface area contributed by atoms with Gasteiger partial charge in [0, 0.05) is 0 Å². The Labute approximate surface area is 212 Å². The lowest BCUT2D eigenvalue weighted by Gasteiger charge is -2.19. The quantitative estimate of drug-likeness (QED) is 0.100. The van der Waals surface area contributed by atoms with Crippen LogP contribution in [0.5, 0.6) is 0 Å². The maximum absolute atomic E-state index is 13.5. The van der Waals surface area contributed by atoms with Crippen LogP contribution in [-0.2, 0) is 13.6 Å². The van der Waals surface area contributed by atoms with E-state index in [1.165, 1.54) is 103 Å². The van der Waals surface area contributed by atoms with Crippen LogP contribution in [0.4, 0.5) is 0 Å². The first-order valence-electron chi connectivity index (χ1n) is 14.7. The highest BCUT2D eigenvalue weighted by Crippen LogP contribution is 2.47. The van der Waals surface area contributed by atoms with Crippen LogP contribution in [0.1, 0.15) is 142 Å². The first-order chi connectivity index (χ1) is 16.7. The summed E-state index contributed by atoms with van der Waals surface area (Å²) in [5.41, 5.74) is 0. The van der Waals surface area contributed by atoms with Gasteiger partial charge in [-0.15, -0.1) is 0 Å². The van der Waals surface area contributed by atoms with Gasteiger partial charge in [-0.25, -0.2) is 0 Å². The Bertz CT molecular complexity index is 560. The molecular formula is C30H55O3P. The lowest BCUT2D eigenvalue weighted by atomic mass is 10.1. The fraction of sp³-hybridized carbons (Fsp3) is 0.800. The Morgan fingerprint density at radius 3 is 1.18 bits per heavy atom. The van der Waals surface area contributed by atoms with E-state index in [1.54, 1.807) is 0 Å². The fourth-order valence-corrected chi connectivity index (χ4v) is 5.99. The Morgan fingerprint density at radius 2 is 0.824 bits per heavy atom. The summed E-state index contributed by atoms with van der Waals surface area (Å²) in [5, 5.41) is 0.689. The summed E-state index contributed by atoms with van der Waals surface area (Å²) < 4.78 is 25.3. The molecule has 0 unspecified atom stereocenters. The molecule has 0 saturated carbocycles. The van der Waals surface area contributed by atoms with Gasteiger partial charge in [0.25, 0.3) is 0 Å². The molecule has 4 heteroatoms. The molecule has 0 N–H and O–H groups in total. The van der Waals surface area contributed by atoms with Crippen LogP contribution < -0.4 is 5.30 Å². The second kappa shape index (κ2) is 22.8. The number of hydrogen-bond donors (Lipinski definition) is 0. The monoisotopic (exact) mass is 494 g/mol. The summed E-state index contributed by atoms with van der Waals surface area (Å²) in [6.45, 7) is 5.56. The van der Waals surface area contributed by atoms with Gasteiger partial charge < -0.3 is 9.05 Å². The predicted molar refractivity (Wildman–Crippen MR) is 149 cm³/mol. The van der Waals surface area contributed by atoms with Crippen molar-refractivity contribution in [1.29, 1.82) is 0 Å². The van der Waals surface area contributed by atoms with Gasteiger partial charge >= 0.3 is 7.60 Å². The third-order valence-electron chi connectivity index (χ3n) is 6.59. The van der Waals surface area contributed by atoms with Gasteiger partial charge in [0.2, 0.25) is 0 Å². The molecule has 0 saturated heterocycles. The molecule has 198 valence electrons. The van der Waals surface area contributed by atoms with E-state index in [-0.39, 0.29) is 0 Å². The summed E-state index contributed by atoms with van der Waals surface area (Å²) in [5.74, 6) is 0. The minimum absolute atomic E-state index is 0.515. The zero-order valence-corrected chi connectivity index (χ0v) is 23.5. The minimum atomic E-state index is -3.23. The van der Waals surface area contributed by atoms with E-state index in [0.717, 1.165) is 25.7 Å². The summed E-state index contributed by atoms with van der Waals surface area (Å²) in [7, 11) is -3.23. The average Bonchev–Trinajstić information content (AvgIpc) is 2.86. The lowest BCUT2D eigenvalue weighted by molar-refractivity contribution is 0.206. The molecule has 0 heterocycles. The normalized spacial score (nSPS) is 11.8. The second-order valence-corrected chi connectivity index (χ2v) is 11.9. The third-order valence-corrected chi connectivity index (χ3v) is 8.57. The summed E-state index contributed by atoms with van der Waals surface area (Å²) in [4.78, 5) is 0. The summed E-state index contributed by atoms with van der Waals surface area (Å²) in [6.07, 6.45) is 25.6. The number of rotatable bonds is 25. The van der Waals surface area contributed by atoms with E-state index in [2.05, 4.69) is 13.8 Å². The van der Waals surface area contributed by atoms with Crippen molar-refractivity contribution in [2.45, 2.75) is 142 Å². The van der Waals surface area contributed by atoms with Crippen LogP contribution in [0.2, 0.25) is 0 Å². The van der Waals surface area contributed by atoms with Crippen molar-refractivity contribution >= 4 is 12.9 Å². The van der Waals surface area contributed by atoms with E-state index in [4.69, 9.17) is 9.05 Å². The lowest BCUT2D eigenvalue weighted by Crippen LogP contribution is -2.11. The van der Waals surface area contributed by atoms with Crippen molar-refractivity contribution in [3.8, 4) is 0 Å². The zero-order chi connectivity index (χ0) is 24.6. The van der Waals surface area contributed by atoms with Crippen molar-refractivity contribution < 1.29 is 13.6 Å². The minimum Gasteiger partial charge on any atom is -0.305 e. The molecule has 0 aliphatic rings. The van der Waals surface area contributed by atoms with Crippen LogP contribution in [0.25, 0.3) is 0 Å². The van der Waals surface area contributed by atoms with E-state index in [1.807, 2.05) is 30.3 Å². The van der Waals surface area contributed by atoms with Gasteiger partial charge in [-0.3, -0.25) is 4.57 Å². The van der Waals surface area contributed by atoms with Gasteiger partial charge in [-0.2, -0.15) is 0 Å². The summed E-state index contributed by atoms with van der Waals surface area (Å²) >= 11 is 0. The standard InChI is InChI=1S/C30H55O3P/c1-3-5-7-9-11-13-15-17-19-24-28-32-34(31,30-26-22-21-23-27-30)33-29-25-20-18-16-14-12-10-8-6-4-2/h21-23,26-27H,3-20,24-25,28-29H2,1-2H3. The SMILES string of the molecule is CCCCCCCCCCCCOP(=O)(OCCCCCCCCCCCC)c1ccccc1. The van der Waals surface area contributed by atoms with Gasteiger partial charge in [0.05, 0.1) is 18.5 Å². The predicted octanol–water partition coefficient (Wildman–Crippen LogP) is 10.4. The van der Waals surface area contributed by atoms with Crippen LogP contribution in [-0.4, -0.2) is 13.2 Å². The van der Waals surface area contributed by atoms with Crippen LogP contribution >= 0.6 is 7.60 Å². The molecule has 0 fully saturated rings. The fourth-order valence-electron chi connectivity index (χ4n) is 4.35. The van der Waals surface area contributed by atoms with Crippen molar-refractivity contribution in [3.05, 3.63) is 30.3 Å². The average molecular weight is 495 g/mol. The van der Waals surface area contributed by atoms with Crippen LogP contribution in [0.3, 0.4) is 0 Å². The van der Waals surface area contributed by atoms with E-state index in [9.17, 15) is 4.57 Å². The Balaban J connectivity index is 2.18. The van der Waals surface area contributed by atoms with E-state index in [0.29, 0.717) is 18.5 Å². The molecule has 0 atom stereocenters. The molecule has 0 spiro atoms. The first-order valence-corrected chi connectivity index (χ1v) is 16.2. The highest BCUT2D eigenvalue weighted by molar-refractivity contribution is 7.62. The molecule has 0 aromatic heterocycles. The highest BCUT2D eigenvalue weighted by Gasteiger charge is 2.27. The van der Waals surface area contributed by atoms with Crippen molar-refractivity contribution in [2.75, 3.05) is 13.2 Å². The number of unbranched alkanes of at least 4 members (excludes halogenated alkanes) is 18. The van der Waals surface area contributed by atoms with Gasteiger partial charge in [-0.05, 0) is 25.0 Å². The molecule has 1 rings (SSSR count). The Hall–Kier alpha value is -0.630. The molecule has 3 nitrogen and oxygen atoms in total. The van der Waals surface area contributed by atoms with Crippen molar-refractivity contribution in [3.63, 3.8) is 0 Å². The van der Waals surface area contributed by atoms with Gasteiger partial charge in [0.15, 0.2) is 0 Å². The molecule has 0 aliphatic carbocycles. The molecule has 0 aliphatic heterocycles. The zero-order valence-electron chi connectivity index (χ0n) is 22.6. The van der Waals surface area contributed by atoms with Gasteiger partial charge in [-0.1, -0.05) is 148 Å². The molecule has 1 aromatic rings. The largest absolute Gasteiger partial charge is 0.361 e. The van der Waals surface area contributed by atoms with Crippen LogP contribution in [0.15, 0.2) is 30.3 Å². The molecule has 0 amide bonds. The molecule has 0 bridgehead atoms. The van der Waals surface area contributed by atoms with Crippen molar-refractivity contribution in [2.24, 2.45) is 0 Å². The number of hydrogen-bond acceptors (Lipinski definition) is 3. The second-order valence-electron chi connectivity index (χ2n) is 9.86. The van der Waals surface area contributed by atoms with Crippen LogP contribution in [0, 0.1) is 0 Å². The molecule has 0 radical (unpaired) electrons. The first kappa shape index (κ1) is 31.4. The maximum Gasteiger partial charge on any atom is 0.361 e. The molecule has 1 aromatic carbocycles. The smallest absolute Gasteiger partial charge is 0.305 e. The molecule has 34 heavy (non-hydrogen) atoms. The van der Waals surface area contributed by atoms with E-state index >= 15 is 0 Å². The molecular weight excluding hydrogens is 439 g/mol. The maximum atomic E-state index is 13.5. The topological polar surface area (TPSA) is 35.5 Å². The van der Waals surface area contributed by atoms with E-state index < -0.39 is 7.60 Å². The number of benzene rings is 1. The Kier molecular flexibility index (Phi) is 21.1. The summed E-state index contributed by atoms with van der Waals surface area (Å²) in [6, 6.07) is 9.51. The third kappa shape index (κ3) is 16.9. The highest BCUT2D eigenvalue weighted by atomic mass is 31.2. The van der Waals surface area contributed by atoms with Gasteiger partial charge in [0.1, 0.15) is 0 Å².